The maximum atomic E-state index is 12.6. The molecule has 134 valence electrons. The summed E-state index contributed by atoms with van der Waals surface area (Å²) in [5.74, 6) is -0.00818. The molecular formula is C20H28N4O. The van der Waals surface area contributed by atoms with Gasteiger partial charge in [-0.15, -0.1) is 0 Å². The second-order valence-electron chi connectivity index (χ2n) is 7.81. The molecule has 1 saturated heterocycles. The Balaban J connectivity index is 1.59. The number of benzene rings is 1. The first-order valence-corrected chi connectivity index (χ1v) is 9.02. The number of piperidine rings is 1. The summed E-state index contributed by atoms with van der Waals surface area (Å²) in [6.45, 7) is 10.1. The Morgan fingerprint density at radius 1 is 1.16 bits per heavy atom. The number of hydrogen-bond acceptors (Lipinski definition) is 3. The number of para-hydroxylation sites is 1. The van der Waals surface area contributed by atoms with Crippen LogP contribution in [0.2, 0.25) is 0 Å². The van der Waals surface area contributed by atoms with Gasteiger partial charge >= 0.3 is 0 Å². The zero-order valence-corrected chi connectivity index (χ0v) is 15.6. The maximum Gasteiger partial charge on any atom is 0.254 e. The molecule has 1 aliphatic heterocycles. The van der Waals surface area contributed by atoms with Crippen LogP contribution in [0.1, 0.15) is 49.7 Å². The van der Waals surface area contributed by atoms with Crippen LogP contribution in [0.15, 0.2) is 36.5 Å². The average molecular weight is 340 g/mol. The van der Waals surface area contributed by atoms with Gasteiger partial charge in [-0.3, -0.25) is 9.48 Å². The molecule has 1 aliphatic rings. The monoisotopic (exact) mass is 340 g/mol. The van der Waals surface area contributed by atoms with Gasteiger partial charge in [-0.05, 0) is 52.7 Å². The molecule has 0 saturated carbocycles. The predicted octanol–water partition coefficient (Wildman–Crippen LogP) is 3.35. The van der Waals surface area contributed by atoms with Crippen LogP contribution in [0.5, 0.6) is 0 Å². The molecule has 0 atom stereocenters. The molecule has 2 aromatic rings. The van der Waals surface area contributed by atoms with Crippen LogP contribution in [0, 0.1) is 6.92 Å². The molecule has 3 rings (SSSR count). The summed E-state index contributed by atoms with van der Waals surface area (Å²) in [6, 6.07) is 10.7. The lowest BCUT2D eigenvalue weighted by Crippen LogP contribution is -2.44. The summed E-state index contributed by atoms with van der Waals surface area (Å²) >= 11 is 0. The highest BCUT2D eigenvalue weighted by molar-refractivity contribution is 5.95. The van der Waals surface area contributed by atoms with Crippen molar-refractivity contribution in [2.24, 2.45) is 0 Å². The molecule has 0 unspecified atom stereocenters. The lowest BCUT2D eigenvalue weighted by Gasteiger charge is -2.34. The fourth-order valence-corrected chi connectivity index (χ4v) is 3.21. The van der Waals surface area contributed by atoms with Gasteiger partial charge in [0, 0.05) is 31.0 Å². The number of carbonyl (C=O) groups is 1. The van der Waals surface area contributed by atoms with Crippen LogP contribution >= 0.6 is 0 Å². The first kappa shape index (κ1) is 17.5. The molecular weight excluding hydrogens is 312 g/mol. The second-order valence-corrected chi connectivity index (χ2v) is 7.81. The van der Waals surface area contributed by atoms with Crippen molar-refractivity contribution in [2.75, 3.05) is 18.0 Å². The maximum absolute atomic E-state index is 12.6. The molecule has 0 spiro atoms. The predicted molar refractivity (Wildman–Crippen MR) is 101 cm³/mol. The third-order valence-electron chi connectivity index (χ3n) is 4.78. The highest BCUT2D eigenvalue weighted by Crippen LogP contribution is 2.20. The SMILES string of the molecule is Cc1nn(C(C)(C)C)cc1C(=O)NC1CCN(c2ccccc2)CC1. The van der Waals surface area contributed by atoms with E-state index in [1.54, 1.807) is 0 Å². The molecule has 1 aromatic carbocycles. The Hall–Kier alpha value is -2.30. The Morgan fingerprint density at radius 2 is 1.80 bits per heavy atom. The van der Waals surface area contributed by atoms with Gasteiger partial charge in [0.15, 0.2) is 0 Å². The molecule has 5 nitrogen and oxygen atoms in total. The lowest BCUT2D eigenvalue weighted by molar-refractivity contribution is 0.0930. The summed E-state index contributed by atoms with van der Waals surface area (Å²) in [5.41, 5.74) is 2.61. The number of nitrogens with one attached hydrogen (secondary N) is 1. The average Bonchev–Trinajstić information content (AvgIpc) is 2.99. The van der Waals surface area contributed by atoms with Crippen molar-refractivity contribution in [3.8, 4) is 0 Å². The quantitative estimate of drug-likeness (QED) is 0.932. The first-order chi connectivity index (χ1) is 11.8. The standard InChI is InChI=1S/C20H28N4O/c1-15-18(14-24(22-15)20(2,3)4)19(25)21-16-10-12-23(13-11-16)17-8-6-5-7-9-17/h5-9,14,16H,10-13H2,1-4H3,(H,21,25). The van der Waals surface area contributed by atoms with Crippen molar-refractivity contribution in [1.82, 2.24) is 15.1 Å². The topological polar surface area (TPSA) is 50.2 Å². The molecule has 1 N–H and O–H groups in total. The fraction of sp³-hybridized carbons (Fsp3) is 0.500. The van der Waals surface area contributed by atoms with Gasteiger partial charge < -0.3 is 10.2 Å². The van der Waals surface area contributed by atoms with E-state index in [2.05, 4.69) is 60.4 Å². The molecule has 0 radical (unpaired) electrons. The molecule has 0 bridgehead atoms. The van der Waals surface area contributed by atoms with E-state index in [1.807, 2.05) is 23.9 Å². The minimum atomic E-state index is -0.121. The van der Waals surface area contributed by atoms with Crippen LogP contribution < -0.4 is 10.2 Å². The van der Waals surface area contributed by atoms with Crippen molar-refractivity contribution in [3.05, 3.63) is 47.8 Å². The van der Waals surface area contributed by atoms with Crippen molar-refractivity contribution < 1.29 is 4.79 Å². The number of anilines is 1. The first-order valence-electron chi connectivity index (χ1n) is 9.02. The summed E-state index contributed by atoms with van der Waals surface area (Å²) in [4.78, 5) is 15.0. The van der Waals surface area contributed by atoms with E-state index >= 15 is 0 Å². The highest BCUT2D eigenvalue weighted by Gasteiger charge is 2.24. The summed E-state index contributed by atoms with van der Waals surface area (Å²) < 4.78 is 1.87. The lowest BCUT2D eigenvalue weighted by atomic mass is 10.0. The normalized spacial score (nSPS) is 16.1. The van der Waals surface area contributed by atoms with Crippen LogP contribution in [-0.4, -0.2) is 34.8 Å². The molecule has 0 aliphatic carbocycles. The van der Waals surface area contributed by atoms with Crippen molar-refractivity contribution in [3.63, 3.8) is 0 Å². The second kappa shape index (κ2) is 6.90. The van der Waals surface area contributed by atoms with Crippen molar-refractivity contribution in [2.45, 2.75) is 52.1 Å². The van der Waals surface area contributed by atoms with Gasteiger partial charge in [-0.25, -0.2) is 0 Å². The van der Waals surface area contributed by atoms with Gasteiger partial charge in [0.05, 0.1) is 16.8 Å². The van der Waals surface area contributed by atoms with E-state index in [0.29, 0.717) is 5.56 Å². The number of hydrogen-bond donors (Lipinski definition) is 1. The molecule has 25 heavy (non-hydrogen) atoms. The molecule has 1 amide bonds. The zero-order valence-electron chi connectivity index (χ0n) is 15.6. The van der Waals surface area contributed by atoms with E-state index in [9.17, 15) is 4.79 Å². The van der Waals surface area contributed by atoms with Gasteiger partial charge in [0.1, 0.15) is 0 Å². The van der Waals surface area contributed by atoms with Gasteiger partial charge in [-0.2, -0.15) is 5.10 Å². The van der Waals surface area contributed by atoms with Gasteiger partial charge in [0.25, 0.3) is 5.91 Å². The summed E-state index contributed by atoms with van der Waals surface area (Å²) in [7, 11) is 0. The Kier molecular flexibility index (Phi) is 4.84. The zero-order chi connectivity index (χ0) is 18.0. The molecule has 1 fully saturated rings. The van der Waals surface area contributed by atoms with Crippen molar-refractivity contribution >= 4 is 11.6 Å². The minimum Gasteiger partial charge on any atom is -0.371 e. The summed E-state index contributed by atoms with van der Waals surface area (Å²) in [5, 5.41) is 7.69. The number of amides is 1. The molecule has 5 heteroatoms. The highest BCUT2D eigenvalue weighted by atomic mass is 16.1. The number of nitrogens with zero attached hydrogens (tertiary/aromatic N) is 3. The number of aromatic nitrogens is 2. The third-order valence-corrected chi connectivity index (χ3v) is 4.78. The molecule has 1 aromatic heterocycles. The van der Waals surface area contributed by atoms with Gasteiger partial charge in [-0.1, -0.05) is 18.2 Å². The molecule has 2 heterocycles. The third kappa shape index (κ3) is 4.03. The van der Waals surface area contributed by atoms with E-state index in [-0.39, 0.29) is 17.5 Å². The van der Waals surface area contributed by atoms with E-state index < -0.39 is 0 Å². The Bertz CT molecular complexity index is 722. The van der Waals surface area contributed by atoms with E-state index in [1.165, 1.54) is 5.69 Å². The van der Waals surface area contributed by atoms with E-state index in [0.717, 1.165) is 31.6 Å². The van der Waals surface area contributed by atoms with Crippen LogP contribution in [0.4, 0.5) is 5.69 Å². The van der Waals surface area contributed by atoms with Crippen LogP contribution in [0.3, 0.4) is 0 Å². The number of rotatable bonds is 3. The number of carbonyl (C=O) groups excluding carboxylic acids is 1. The largest absolute Gasteiger partial charge is 0.371 e. The Morgan fingerprint density at radius 3 is 2.36 bits per heavy atom. The van der Waals surface area contributed by atoms with Crippen molar-refractivity contribution in [1.29, 1.82) is 0 Å². The van der Waals surface area contributed by atoms with Crippen LogP contribution in [0.25, 0.3) is 0 Å². The Labute approximate surface area is 150 Å². The number of aryl methyl sites for hydroxylation is 1. The smallest absolute Gasteiger partial charge is 0.254 e. The van der Waals surface area contributed by atoms with E-state index in [4.69, 9.17) is 0 Å². The summed E-state index contributed by atoms with van der Waals surface area (Å²) in [6.07, 6.45) is 3.80. The fourth-order valence-electron chi connectivity index (χ4n) is 3.21. The minimum absolute atomic E-state index is 0.00818. The van der Waals surface area contributed by atoms with Gasteiger partial charge in [0.2, 0.25) is 0 Å². The van der Waals surface area contributed by atoms with Crippen LogP contribution in [-0.2, 0) is 5.54 Å².